The third-order valence-electron chi connectivity index (χ3n) is 11.1. The van der Waals surface area contributed by atoms with Gasteiger partial charge in [0.1, 0.15) is 18.3 Å². The molecule has 0 saturated carbocycles. The highest BCUT2D eigenvalue weighted by Crippen LogP contribution is 2.42. The molecule has 15 heteroatoms. The van der Waals surface area contributed by atoms with Crippen molar-refractivity contribution < 1.29 is 27.1 Å². The summed E-state index contributed by atoms with van der Waals surface area (Å²) >= 11 is 0. The Bertz CT molecular complexity index is 1600. The normalized spacial score (nSPS) is 26.0. The standard InChI is InChI=1S/C36H53FN8O5S/c1-6-33(46)41-15-17-44(18-16-41)51(48,49)43-13-10-36(11-14-43)23-40(24-36)21-28-9-12-42(22-28)34-32(20-38-25-39-34)50-31-8-7-29(37)19-30(31)35(47)45(26(2)3)27(4)5/h6-8,19-20,25-28,30-31H,1,9-18,21-24H2,2-5H3. The van der Waals surface area contributed by atoms with Crippen molar-refractivity contribution in [1.82, 2.24) is 33.3 Å². The molecule has 0 radical (unpaired) electrons. The summed E-state index contributed by atoms with van der Waals surface area (Å²) in [4.78, 5) is 42.4. The second-order valence-corrected chi connectivity index (χ2v) is 17.2. The number of halogens is 1. The van der Waals surface area contributed by atoms with Gasteiger partial charge in [-0.15, -0.1) is 0 Å². The molecule has 51 heavy (non-hydrogen) atoms. The summed E-state index contributed by atoms with van der Waals surface area (Å²) in [6.45, 7) is 18.3. The van der Waals surface area contributed by atoms with Crippen molar-refractivity contribution in [1.29, 1.82) is 0 Å². The van der Waals surface area contributed by atoms with Crippen LogP contribution in [0.15, 0.2) is 49.2 Å². The van der Waals surface area contributed by atoms with Crippen LogP contribution < -0.4 is 9.64 Å². The minimum atomic E-state index is -3.55. The number of allylic oxidation sites excluding steroid dienone is 2. The Labute approximate surface area is 302 Å². The van der Waals surface area contributed by atoms with E-state index in [1.165, 1.54) is 28.9 Å². The molecule has 0 N–H and O–H groups in total. The molecule has 5 aliphatic rings. The number of aromatic nitrogens is 2. The number of hydrogen-bond acceptors (Lipinski definition) is 9. The Kier molecular flexibility index (Phi) is 11.2. The molecule has 1 aromatic rings. The fourth-order valence-corrected chi connectivity index (χ4v) is 10.1. The molecule has 6 rings (SSSR count). The van der Waals surface area contributed by atoms with Crippen molar-refractivity contribution in [2.75, 3.05) is 76.9 Å². The van der Waals surface area contributed by atoms with Gasteiger partial charge < -0.3 is 24.3 Å². The summed E-state index contributed by atoms with van der Waals surface area (Å²) in [7, 11) is -3.55. The lowest BCUT2D eigenvalue weighted by atomic mass is 9.72. The molecule has 5 heterocycles. The zero-order valence-corrected chi connectivity index (χ0v) is 31.2. The first kappa shape index (κ1) is 37.4. The number of likely N-dealkylation sites (tertiary alicyclic amines) is 1. The molecular weight excluding hydrogens is 676 g/mol. The molecule has 280 valence electrons. The van der Waals surface area contributed by atoms with Gasteiger partial charge in [0, 0.05) is 84.1 Å². The number of carbonyl (C=O) groups is 2. The molecule has 4 saturated heterocycles. The highest BCUT2D eigenvalue weighted by molar-refractivity contribution is 7.86. The van der Waals surface area contributed by atoms with E-state index in [2.05, 4.69) is 26.3 Å². The van der Waals surface area contributed by atoms with Gasteiger partial charge in [0.05, 0.1) is 12.1 Å². The summed E-state index contributed by atoms with van der Waals surface area (Å²) in [5.74, 6) is -0.0252. The van der Waals surface area contributed by atoms with Gasteiger partial charge in [-0.1, -0.05) is 6.58 Å². The Hall–Kier alpha value is -3.40. The maximum absolute atomic E-state index is 14.4. The fourth-order valence-electron chi connectivity index (χ4n) is 8.52. The maximum atomic E-state index is 14.4. The molecule has 3 unspecified atom stereocenters. The largest absolute Gasteiger partial charge is 0.480 e. The van der Waals surface area contributed by atoms with E-state index in [0.29, 0.717) is 56.8 Å². The fraction of sp³-hybridized carbons (Fsp3) is 0.667. The Morgan fingerprint density at radius 2 is 1.73 bits per heavy atom. The van der Waals surface area contributed by atoms with Crippen LogP contribution >= 0.6 is 0 Å². The molecule has 3 atom stereocenters. The SMILES string of the molecule is C=CC(=O)N1CCN(S(=O)(=O)N2CCC3(CC2)CN(CC2CCN(c4ncncc4OC4C=CC(F)=CC4C(=O)N(C(C)C)C(C)C)C2)C3)CC1. The van der Waals surface area contributed by atoms with Gasteiger partial charge in [0.25, 0.3) is 10.2 Å². The van der Waals surface area contributed by atoms with E-state index in [-0.39, 0.29) is 29.3 Å². The Balaban J connectivity index is 0.997. The number of amides is 2. The van der Waals surface area contributed by atoms with Crippen molar-refractivity contribution in [3.05, 3.63) is 49.2 Å². The molecule has 4 fully saturated rings. The molecule has 2 amide bonds. The molecular formula is C36H53FN8O5S. The number of nitrogens with zero attached hydrogens (tertiary/aromatic N) is 8. The average molecular weight is 729 g/mol. The lowest BCUT2D eigenvalue weighted by Crippen LogP contribution is -2.62. The molecule has 1 aromatic heterocycles. The summed E-state index contributed by atoms with van der Waals surface area (Å²) < 4.78 is 50.7. The Morgan fingerprint density at radius 1 is 1.06 bits per heavy atom. The number of anilines is 1. The van der Waals surface area contributed by atoms with Gasteiger partial charge in [0.15, 0.2) is 11.6 Å². The summed E-state index contributed by atoms with van der Waals surface area (Å²) in [6, 6.07) is -0.0887. The second-order valence-electron chi connectivity index (χ2n) is 15.3. The number of piperazine rings is 1. The van der Waals surface area contributed by atoms with Crippen LogP contribution in [0.1, 0.15) is 47.0 Å². The number of carbonyl (C=O) groups excluding carboxylic acids is 2. The van der Waals surface area contributed by atoms with Crippen molar-refractivity contribution in [2.45, 2.75) is 65.1 Å². The van der Waals surface area contributed by atoms with Crippen molar-refractivity contribution >= 4 is 27.8 Å². The zero-order chi connectivity index (χ0) is 36.5. The first-order valence-electron chi connectivity index (χ1n) is 18.3. The van der Waals surface area contributed by atoms with Gasteiger partial charge in [-0.25, -0.2) is 14.4 Å². The lowest BCUT2D eigenvalue weighted by molar-refractivity contribution is -0.139. The number of ether oxygens (including phenoxy) is 1. The molecule has 0 aromatic carbocycles. The maximum Gasteiger partial charge on any atom is 0.282 e. The number of rotatable bonds is 11. The van der Waals surface area contributed by atoms with Gasteiger partial charge in [0.2, 0.25) is 11.8 Å². The summed E-state index contributed by atoms with van der Waals surface area (Å²) in [5.41, 5.74) is 0.156. The first-order chi connectivity index (χ1) is 24.3. The molecule has 0 bridgehead atoms. The van der Waals surface area contributed by atoms with E-state index >= 15 is 0 Å². The minimum Gasteiger partial charge on any atom is -0.480 e. The van der Waals surface area contributed by atoms with Crippen LogP contribution in [-0.2, 0) is 19.8 Å². The zero-order valence-electron chi connectivity index (χ0n) is 30.4. The third-order valence-corrected chi connectivity index (χ3v) is 13.1. The second kappa shape index (κ2) is 15.3. The van der Waals surface area contributed by atoms with Crippen LogP contribution in [0.2, 0.25) is 0 Å². The lowest BCUT2D eigenvalue weighted by Gasteiger charge is -2.54. The quantitative estimate of drug-likeness (QED) is 0.317. The molecule has 4 aliphatic heterocycles. The minimum absolute atomic E-state index is 0.0444. The highest BCUT2D eigenvalue weighted by atomic mass is 32.2. The summed E-state index contributed by atoms with van der Waals surface area (Å²) in [6.07, 6.45) is 10.7. The van der Waals surface area contributed by atoms with Crippen LogP contribution in [0, 0.1) is 17.3 Å². The monoisotopic (exact) mass is 728 g/mol. The van der Waals surface area contributed by atoms with E-state index < -0.39 is 28.1 Å². The van der Waals surface area contributed by atoms with Crippen LogP contribution in [0.5, 0.6) is 5.75 Å². The average Bonchev–Trinajstić information content (AvgIpc) is 3.56. The van der Waals surface area contributed by atoms with Gasteiger partial charge in [-0.3, -0.25) is 9.59 Å². The Morgan fingerprint density at radius 3 is 2.37 bits per heavy atom. The smallest absolute Gasteiger partial charge is 0.282 e. The predicted molar refractivity (Wildman–Crippen MR) is 193 cm³/mol. The van der Waals surface area contributed by atoms with Crippen molar-refractivity contribution in [2.24, 2.45) is 17.3 Å². The summed E-state index contributed by atoms with van der Waals surface area (Å²) in [5, 5.41) is 0. The van der Waals surface area contributed by atoms with Crippen LogP contribution in [-0.4, -0.2) is 144 Å². The van der Waals surface area contributed by atoms with Crippen LogP contribution in [0.4, 0.5) is 10.2 Å². The predicted octanol–water partition coefficient (Wildman–Crippen LogP) is 2.71. The van der Waals surface area contributed by atoms with E-state index in [4.69, 9.17) is 4.74 Å². The van der Waals surface area contributed by atoms with Gasteiger partial charge >= 0.3 is 0 Å². The van der Waals surface area contributed by atoms with Crippen LogP contribution in [0.25, 0.3) is 0 Å². The van der Waals surface area contributed by atoms with Crippen LogP contribution in [0.3, 0.4) is 0 Å². The van der Waals surface area contributed by atoms with E-state index in [0.717, 1.165) is 52.0 Å². The number of hydrogen-bond donors (Lipinski definition) is 0. The molecule has 13 nitrogen and oxygen atoms in total. The van der Waals surface area contributed by atoms with Gasteiger partial charge in [-0.2, -0.15) is 17.0 Å². The van der Waals surface area contributed by atoms with Crippen molar-refractivity contribution in [3.8, 4) is 5.75 Å². The topological polar surface area (TPSA) is 123 Å². The van der Waals surface area contributed by atoms with E-state index in [9.17, 15) is 22.4 Å². The van der Waals surface area contributed by atoms with Gasteiger partial charge in [-0.05, 0) is 82.6 Å². The third kappa shape index (κ3) is 8.01. The van der Waals surface area contributed by atoms with E-state index in [1.807, 2.05) is 27.7 Å². The number of piperidine rings is 1. The molecule has 1 spiro atoms. The van der Waals surface area contributed by atoms with Crippen molar-refractivity contribution in [3.63, 3.8) is 0 Å². The molecule has 1 aliphatic carbocycles. The first-order valence-corrected chi connectivity index (χ1v) is 19.7. The van der Waals surface area contributed by atoms with E-state index in [1.54, 1.807) is 26.4 Å². The highest BCUT2D eigenvalue weighted by Gasteiger charge is 2.48.